The Hall–Kier alpha value is -1.00. The maximum absolute atomic E-state index is 13.1. The van der Waals surface area contributed by atoms with Crippen LogP contribution in [-0.4, -0.2) is 37.1 Å². The van der Waals surface area contributed by atoms with Gasteiger partial charge in [-0.2, -0.15) is 0 Å². The fourth-order valence-corrected chi connectivity index (χ4v) is 2.60. The molecule has 4 heteroatoms. The quantitative estimate of drug-likeness (QED) is 0.903. The molecule has 1 aliphatic rings. The molecule has 1 unspecified atom stereocenters. The molecule has 1 aliphatic heterocycles. The molecule has 0 saturated carbocycles. The Morgan fingerprint density at radius 2 is 2.00 bits per heavy atom. The van der Waals surface area contributed by atoms with E-state index in [-0.39, 0.29) is 0 Å². The zero-order valence-electron chi connectivity index (χ0n) is 11.5. The zero-order chi connectivity index (χ0) is 13.7. The standard InChI is InChI=1S/C15H22F2N2/c1-2-15-11-19(6-3-5-18-15)7-4-12-8-13(16)10-14(17)9-12/h8-10,15,18H,2-7,11H2,1H3. The lowest BCUT2D eigenvalue weighted by molar-refractivity contribution is 0.268. The first-order valence-corrected chi connectivity index (χ1v) is 7.08. The third-order valence-corrected chi connectivity index (χ3v) is 3.69. The van der Waals surface area contributed by atoms with E-state index in [1.54, 1.807) is 0 Å². The van der Waals surface area contributed by atoms with E-state index in [1.165, 1.54) is 12.1 Å². The fourth-order valence-electron chi connectivity index (χ4n) is 2.60. The van der Waals surface area contributed by atoms with Gasteiger partial charge in [-0.25, -0.2) is 8.78 Å². The molecule has 0 radical (unpaired) electrons. The van der Waals surface area contributed by atoms with Crippen LogP contribution in [0.3, 0.4) is 0 Å². The van der Waals surface area contributed by atoms with Crippen molar-refractivity contribution in [3.8, 4) is 0 Å². The van der Waals surface area contributed by atoms with Crippen molar-refractivity contribution < 1.29 is 8.78 Å². The largest absolute Gasteiger partial charge is 0.313 e. The van der Waals surface area contributed by atoms with Crippen LogP contribution >= 0.6 is 0 Å². The highest BCUT2D eigenvalue weighted by atomic mass is 19.1. The van der Waals surface area contributed by atoms with Crippen molar-refractivity contribution >= 4 is 0 Å². The van der Waals surface area contributed by atoms with Gasteiger partial charge in [0.05, 0.1) is 0 Å². The summed E-state index contributed by atoms with van der Waals surface area (Å²) < 4.78 is 26.2. The molecule has 0 spiro atoms. The van der Waals surface area contributed by atoms with Gasteiger partial charge in [0.25, 0.3) is 0 Å². The van der Waals surface area contributed by atoms with Gasteiger partial charge in [-0.05, 0) is 50.0 Å². The molecular weight excluding hydrogens is 246 g/mol. The molecule has 1 aromatic rings. The topological polar surface area (TPSA) is 15.3 Å². The number of rotatable bonds is 4. The van der Waals surface area contributed by atoms with Crippen LogP contribution in [0.15, 0.2) is 18.2 Å². The van der Waals surface area contributed by atoms with Crippen molar-refractivity contribution in [1.29, 1.82) is 0 Å². The molecule has 106 valence electrons. The van der Waals surface area contributed by atoms with Crippen molar-refractivity contribution in [2.75, 3.05) is 26.2 Å². The van der Waals surface area contributed by atoms with Gasteiger partial charge < -0.3 is 10.2 Å². The van der Waals surface area contributed by atoms with Crippen LogP contribution in [0, 0.1) is 11.6 Å². The number of hydrogen-bond donors (Lipinski definition) is 1. The Bertz CT molecular complexity index is 389. The Morgan fingerprint density at radius 1 is 1.26 bits per heavy atom. The highest BCUT2D eigenvalue weighted by molar-refractivity contribution is 5.18. The maximum Gasteiger partial charge on any atom is 0.126 e. The van der Waals surface area contributed by atoms with Gasteiger partial charge >= 0.3 is 0 Å². The number of hydrogen-bond acceptors (Lipinski definition) is 2. The van der Waals surface area contributed by atoms with Crippen molar-refractivity contribution in [2.24, 2.45) is 0 Å². The first-order valence-electron chi connectivity index (χ1n) is 7.08. The van der Waals surface area contributed by atoms with Crippen molar-refractivity contribution in [3.63, 3.8) is 0 Å². The van der Waals surface area contributed by atoms with Gasteiger partial charge in [-0.15, -0.1) is 0 Å². The zero-order valence-corrected chi connectivity index (χ0v) is 11.5. The second kappa shape index (κ2) is 6.96. The first-order chi connectivity index (χ1) is 9.17. The van der Waals surface area contributed by atoms with E-state index >= 15 is 0 Å². The highest BCUT2D eigenvalue weighted by Gasteiger charge is 2.15. The average molecular weight is 268 g/mol. The molecule has 1 saturated heterocycles. The normalized spacial score (nSPS) is 21.3. The molecule has 1 N–H and O–H groups in total. The Kier molecular flexibility index (Phi) is 5.28. The van der Waals surface area contributed by atoms with Crippen LogP contribution in [0.1, 0.15) is 25.3 Å². The van der Waals surface area contributed by atoms with Crippen LogP contribution in [0.5, 0.6) is 0 Å². The molecule has 19 heavy (non-hydrogen) atoms. The summed E-state index contributed by atoms with van der Waals surface area (Å²) in [6.45, 7) is 6.18. The van der Waals surface area contributed by atoms with E-state index in [1.807, 2.05) is 0 Å². The third-order valence-electron chi connectivity index (χ3n) is 3.69. The predicted molar refractivity (Wildman–Crippen MR) is 73.2 cm³/mol. The molecule has 0 aliphatic carbocycles. The predicted octanol–water partition coefficient (Wildman–Crippen LogP) is 2.58. The molecule has 1 heterocycles. The summed E-state index contributed by atoms with van der Waals surface area (Å²) in [6, 6.07) is 4.31. The molecule has 0 bridgehead atoms. The maximum atomic E-state index is 13.1. The van der Waals surface area contributed by atoms with E-state index in [2.05, 4.69) is 17.1 Å². The molecule has 0 aromatic heterocycles. The second-order valence-corrected chi connectivity index (χ2v) is 5.24. The van der Waals surface area contributed by atoms with E-state index in [0.717, 1.165) is 50.7 Å². The lowest BCUT2D eigenvalue weighted by atomic mass is 10.1. The van der Waals surface area contributed by atoms with Crippen molar-refractivity contribution in [3.05, 3.63) is 35.4 Å². The van der Waals surface area contributed by atoms with E-state index < -0.39 is 11.6 Å². The van der Waals surface area contributed by atoms with Crippen LogP contribution < -0.4 is 5.32 Å². The third kappa shape index (κ3) is 4.55. The van der Waals surface area contributed by atoms with Gasteiger partial charge in [0.15, 0.2) is 0 Å². The van der Waals surface area contributed by atoms with Crippen molar-refractivity contribution in [1.82, 2.24) is 10.2 Å². The SMILES string of the molecule is CCC1CN(CCc2cc(F)cc(F)c2)CCCN1. The summed E-state index contributed by atoms with van der Waals surface area (Å²) in [7, 11) is 0. The number of nitrogens with zero attached hydrogens (tertiary/aromatic N) is 1. The lowest BCUT2D eigenvalue weighted by Gasteiger charge is -2.23. The lowest BCUT2D eigenvalue weighted by Crippen LogP contribution is -2.37. The molecule has 2 nitrogen and oxygen atoms in total. The van der Waals surface area contributed by atoms with Crippen LogP contribution in [0.2, 0.25) is 0 Å². The van der Waals surface area contributed by atoms with Gasteiger partial charge in [-0.3, -0.25) is 0 Å². The van der Waals surface area contributed by atoms with Crippen LogP contribution in [0.4, 0.5) is 8.78 Å². The smallest absolute Gasteiger partial charge is 0.126 e. The highest BCUT2D eigenvalue weighted by Crippen LogP contribution is 2.10. The molecule has 1 fully saturated rings. The molecule has 2 rings (SSSR count). The van der Waals surface area contributed by atoms with Gasteiger partial charge in [0.2, 0.25) is 0 Å². The summed E-state index contributed by atoms with van der Waals surface area (Å²) in [5, 5.41) is 3.52. The molecule has 1 atom stereocenters. The Balaban J connectivity index is 1.89. The summed E-state index contributed by atoms with van der Waals surface area (Å²) >= 11 is 0. The van der Waals surface area contributed by atoms with E-state index in [4.69, 9.17) is 0 Å². The van der Waals surface area contributed by atoms with E-state index in [0.29, 0.717) is 12.5 Å². The fraction of sp³-hybridized carbons (Fsp3) is 0.600. The van der Waals surface area contributed by atoms with Gasteiger partial charge in [-0.1, -0.05) is 6.92 Å². The minimum atomic E-state index is -0.487. The summed E-state index contributed by atoms with van der Waals surface area (Å²) in [5.74, 6) is -0.974. The summed E-state index contributed by atoms with van der Waals surface area (Å²) in [6.07, 6.45) is 2.95. The molecule has 0 amide bonds. The van der Waals surface area contributed by atoms with Crippen LogP contribution in [0.25, 0.3) is 0 Å². The summed E-state index contributed by atoms with van der Waals surface area (Å²) in [5.41, 5.74) is 0.739. The summed E-state index contributed by atoms with van der Waals surface area (Å²) in [4.78, 5) is 2.39. The molecule has 1 aromatic carbocycles. The monoisotopic (exact) mass is 268 g/mol. The minimum Gasteiger partial charge on any atom is -0.313 e. The number of nitrogens with one attached hydrogen (secondary N) is 1. The van der Waals surface area contributed by atoms with Crippen molar-refractivity contribution in [2.45, 2.75) is 32.2 Å². The first kappa shape index (κ1) is 14.4. The van der Waals surface area contributed by atoms with Crippen LogP contribution in [-0.2, 0) is 6.42 Å². The van der Waals surface area contributed by atoms with Gasteiger partial charge in [0, 0.05) is 25.2 Å². The minimum absolute atomic E-state index is 0.487. The Morgan fingerprint density at radius 3 is 2.68 bits per heavy atom. The number of benzene rings is 1. The second-order valence-electron chi connectivity index (χ2n) is 5.24. The average Bonchev–Trinajstić information content (AvgIpc) is 2.60. The van der Waals surface area contributed by atoms with E-state index in [9.17, 15) is 8.78 Å². The van der Waals surface area contributed by atoms with Gasteiger partial charge in [0.1, 0.15) is 11.6 Å². The molecular formula is C15H22F2N2. The number of halogens is 2. The Labute approximate surface area is 113 Å².